The third-order valence-corrected chi connectivity index (χ3v) is 3.07. The summed E-state index contributed by atoms with van der Waals surface area (Å²) in [4.78, 5) is 23.5. The largest absolute Gasteiger partial charge is 0.329 e. The van der Waals surface area contributed by atoms with Gasteiger partial charge in [-0.15, -0.1) is 0 Å². The summed E-state index contributed by atoms with van der Waals surface area (Å²) in [5, 5.41) is 14.9. The van der Waals surface area contributed by atoms with Gasteiger partial charge in [-0.3, -0.25) is 9.59 Å². The summed E-state index contributed by atoms with van der Waals surface area (Å²) in [6.07, 6.45) is 0. The fourth-order valence-electron chi connectivity index (χ4n) is 1.76. The second-order valence-corrected chi connectivity index (χ2v) is 4.79. The first-order chi connectivity index (χ1) is 11.5. The highest BCUT2D eigenvalue weighted by Gasteiger charge is 2.13. The number of benzene rings is 2. The molecule has 0 aliphatic heterocycles. The van der Waals surface area contributed by atoms with Crippen LogP contribution in [0, 0.1) is 17.1 Å². The van der Waals surface area contributed by atoms with Crippen LogP contribution in [-0.4, -0.2) is 17.5 Å². The molecule has 0 aromatic heterocycles. The molecule has 0 fully saturated rings. The molecule has 2 N–H and O–H groups in total. The van der Waals surface area contributed by atoms with Crippen molar-refractivity contribution in [3.8, 4) is 6.07 Å². The number of nitriles is 1. The molecule has 0 atom stereocenters. The minimum absolute atomic E-state index is 0.377. The van der Waals surface area contributed by atoms with Crippen LogP contribution in [0.15, 0.2) is 53.6 Å². The fraction of sp³-hybridized carbons (Fsp3) is 0.0588. The lowest BCUT2D eigenvalue weighted by atomic mass is 10.1. The van der Waals surface area contributed by atoms with Gasteiger partial charge in [0.25, 0.3) is 0 Å². The quantitative estimate of drug-likeness (QED) is 0.515. The molecular weight excluding hydrogens is 311 g/mol. The standard InChI is InChI=1S/C17H13FN4O2/c1-11(13-4-6-14(18)7-5-13)21-22-17(24)16(23)20-15-8-2-12(10-19)3-9-15/h2-9H,1H3,(H,20,23)(H,22,24)/b21-11+. The molecule has 0 unspecified atom stereocenters. The lowest BCUT2D eigenvalue weighted by molar-refractivity contribution is -0.136. The average Bonchev–Trinajstić information content (AvgIpc) is 2.60. The highest BCUT2D eigenvalue weighted by atomic mass is 19.1. The van der Waals surface area contributed by atoms with Crippen molar-refractivity contribution in [3.63, 3.8) is 0 Å². The molecule has 0 heterocycles. The van der Waals surface area contributed by atoms with E-state index in [9.17, 15) is 14.0 Å². The second kappa shape index (κ2) is 7.65. The molecule has 0 aliphatic carbocycles. The Morgan fingerprint density at radius 3 is 2.25 bits per heavy atom. The van der Waals surface area contributed by atoms with Gasteiger partial charge in [0, 0.05) is 5.69 Å². The van der Waals surface area contributed by atoms with Gasteiger partial charge in [-0.25, -0.2) is 9.82 Å². The molecule has 0 radical (unpaired) electrons. The van der Waals surface area contributed by atoms with E-state index >= 15 is 0 Å². The molecular formula is C17H13FN4O2. The summed E-state index contributed by atoms with van der Waals surface area (Å²) in [5.74, 6) is -2.21. The molecule has 24 heavy (non-hydrogen) atoms. The van der Waals surface area contributed by atoms with Gasteiger partial charge in [-0.05, 0) is 48.9 Å². The molecule has 0 spiro atoms. The summed E-state index contributed by atoms with van der Waals surface area (Å²) in [6, 6.07) is 13.6. The SMILES string of the molecule is C/C(=N\NC(=O)C(=O)Nc1ccc(C#N)cc1)c1ccc(F)cc1. The predicted octanol–water partition coefficient (Wildman–Crippen LogP) is 2.18. The fourth-order valence-corrected chi connectivity index (χ4v) is 1.76. The summed E-state index contributed by atoms with van der Waals surface area (Å²) in [7, 11) is 0. The third kappa shape index (κ3) is 4.48. The van der Waals surface area contributed by atoms with E-state index < -0.39 is 11.8 Å². The van der Waals surface area contributed by atoms with E-state index in [1.807, 2.05) is 6.07 Å². The number of nitrogens with one attached hydrogen (secondary N) is 2. The smallest absolute Gasteiger partial charge is 0.318 e. The number of hydrogen-bond donors (Lipinski definition) is 2. The van der Waals surface area contributed by atoms with Crippen molar-refractivity contribution in [1.29, 1.82) is 5.26 Å². The molecule has 2 aromatic carbocycles. The van der Waals surface area contributed by atoms with Crippen molar-refractivity contribution < 1.29 is 14.0 Å². The van der Waals surface area contributed by atoms with Gasteiger partial charge >= 0.3 is 11.8 Å². The van der Waals surface area contributed by atoms with E-state index in [-0.39, 0.29) is 5.82 Å². The van der Waals surface area contributed by atoms with Crippen LogP contribution < -0.4 is 10.7 Å². The maximum absolute atomic E-state index is 12.8. The van der Waals surface area contributed by atoms with Crippen molar-refractivity contribution in [2.75, 3.05) is 5.32 Å². The van der Waals surface area contributed by atoms with Gasteiger partial charge in [-0.2, -0.15) is 10.4 Å². The van der Waals surface area contributed by atoms with Crippen LogP contribution >= 0.6 is 0 Å². The lowest BCUT2D eigenvalue weighted by Gasteiger charge is -2.05. The Morgan fingerprint density at radius 1 is 1.04 bits per heavy atom. The van der Waals surface area contributed by atoms with Crippen LogP contribution in [-0.2, 0) is 9.59 Å². The topological polar surface area (TPSA) is 94.3 Å². The number of carbonyl (C=O) groups is 2. The predicted molar refractivity (Wildman–Crippen MR) is 86.5 cm³/mol. The Hall–Kier alpha value is -3.53. The zero-order valence-corrected chi connectivity index (χ0v) is 12.7. The molecule has 7 heteroatoms. The van der Waals surface area contributed by atoms with Crippen LogP contribution in [0.3, 0.4) is 0 Å². The molecule has 2 amide bonds. The molecule has 6 nitrogen and oxygen atoms in total. The Balaban J connectivity index is 1.95. The van der Waals surface area contributed by atoms with E-state index in [1.54, 1.807) is 6.92 Å². The van der Waals surface area contributed by atoms with E-state index in [4.69, 9.17) is 5.26 Å². The van der Waals surface area contributed by atoms with Crippen molar-refractivity contribution in [2.45, 2.75) is 6.92 Å². The third-order valence-electron chi connectivity index (χ3n) is 3.07. The number of hydrazone groups is 1. The van der Waals surface area contributed by atoms with Crippen LogP contribution in [0.1, 0.15) is 18.1 Å². The van der Waals surface area contributed by atoms with Gasteiger partial charge in [0.05, 0.1) is 17.3 Å². The molecule has 120 valence electrons. The van der Waals surface area contributed by atoms with E-state index in [1.165, 1.54) is 48.5 Å². The van der Waals surface area contributed by atoms with Crippen molar-refractivity contribution >= 4 is 23.2 Å². The van der Waals surface area contributed by atoms with E-state index in [2.05, 4.69) is 15.8 Å². The lowest BCUT2D eigenvalue weighted by Crippen LogP contribution is -2.32. The Bertz CT molecular complexity index is 821. The molecule has 0 saturated carbocycles. The molecule has 0 saturated heterocycles. The first kappa shape index (κ1) is 16.8. The van der Waals surface area contributed by atoms with Gasteiger partial charge in [0.2, 0.25) is 0 Å². The average molecular weight is 324 g/mol. The van der Waals surface area contributed by atoms with Crippen molar-refractivity contribution in [2.24, 2.45) is 5.10 Å². The second-order valence-electron chi connectivity index (χ2n) is 4.79. The van der Waals surface area contributed by atoms with Gasteiger partial charge < -0.3 is 5.32 Å². The van der Waals surface area contributed by atoms with E-state index in [0.717, 1.165) is 0 Å². The van der Waals surface area contributed by atoms with Gasteiger partial charge in [0.15, 0.2) is 0 Å². The molecule has 2 rings (SSSR count). The van der Waals surface area contributed by atoms with Gasteiger partial charge in [-0.1, -0.05) is 12.1 Å². The molecule has 0 bridgehead atoms. The van der Waals surface area contributed by atoms with Gasteiger partial charge in [0.1, 0.15) is 5.82 Å². The van der Waals surface area contributed by atoms with Crippen LogP contribution in [0.5, 0.6) is 0 Å². The minimum atomic E-state index is -0.944. The first-order valence-corrected chi connectivity index (χ1v) is 6.91. The number of anilines is 1. The number of amides is 2. The number of rotatable bonds is 3. The maximum Gasteiger partial charge on any atom is 0.329 e. The molecule has 0 aliphatic rings. The maximum atomic E-state index is 12.8. The number of hydrogen-bond acceptors (Lipinski definition) is 4. The highest BCUT2D eigenvalue weighted by Crippen LogP contribution is 2.08. The number of carbonyl (C=O) groups excluding carboxylic acids is 2. The van der Waals surface area contributed by atoms with Crippen LogP contribution in [0.25, 0.3) is 0 Å². The summed E-state index contributed by atoms with van der Waals surface area (Å²) >= 11 is 0. The zero-order valence-electron chi connectivity index (χ0n) is 12.7. The monoisotopic (exact) mass is 324 g/mol. The molecule has 2 aromatic rings. The number of halogens is 1. The Kier molecular flexibility index (Phi) is 5.36. The first-order valence-electron chi connectivity index (χ1n) is 6.91. The Labute approximate surface area is 137 Å². The zero-order chi connectivity index (χ0) is 17.5. The highest BCUT2D eigenvalue weighted by molar-refractivity contribution is 6.39. The minimum Gasteiger partial charge on any atom is -0.318 e. The van der Waals surface area contributed by atoms with E-state index in [0.29, 0.717) is 22.5 Å². The summed E-state index contributed by atoms with van der Waals surface area (Å²) < 4.78 is 12.8. The summed E-state index contributed by atoms with van der Waals surface area (Å²) in [5.41, 5.74) is 3.99. The summed E-state index contributed by atoms with van der Waals surface area (Å²) in [6.45, 7) is 1.62. The normalized spacial score (nSPS) is 10.6. The number of nitrogens with zero attached hydrogens (tertiary/aromatic N) is 2. The van der Waals surface area contributed by atoms with Crippen molar-refractivity contribution in [1.82, 2.24) is 5.43 Å². The van der Waals surface area contributed by atoms with Crippen LogP contribution in [0.4, 0.5) is 10.1 Å². The van der Waals surface area contributed by atoms with Crippen molar-refractivity contribution in [3.05, 3.63) is 65.5 Å². The van der Waals surface area contributed by atoms with Crippen LogP contribution in [0.2, 0.25) is 0 Å². The Morgan fingerprint density at radius 2 is 1.67 bits per heavy atom.